The van der Waals surface area contributed by atoms with Crippen molar-refractivity contribution in [2.75, 3.05) is 6.54 Å². The number of hydrogen-bond acceptors (Lipinski definition) is 3. The molecule has 2 rings (SSSR count). The summed E-state index contributed by atoms with van der Waals surface area (Å²) in [4.78, 5) is 23.5. The van der Waals surface area contributed by atoms with E-state index in [9.17, 15) is 9.59 Å². The molecule has 0 bridgehead atoms. The summed E-state index contributed by atoms with van der Waals surface area (Å²) >= 11 is 0. The number of hydrogen-bond donors (Lipinski definition) is 2. The average molecular weight is 369 g/mol. The minimum Gasteiger partial charge on any atom is -0.489 e. The van der Waals surface area contributed by atoms with Crippen LogP contribution in [0.3, 0.4) is 0 Å². The van der Waals surface area contributed by atoms with Gasteiger partial charge in [-0.05, 0) is 48.1 Å². The van der Waals surface area contributed by atoms with Crippen LogP contribution in [-0.4, -0.2) is 23.5 Å². The Balaban J connectivity index is 2.12. The second kappa shape index (κ2) is 10.4. The number of aliphatic carboxylic acids is 1. The number of carbonyl (C=O) groups excluding carboxylic acids is 1. The molecule has 2 aromatic rings. The third kappa shape index (κ3) is 7.13. The van der Waals surface area contributed by atoms with Crippen LogP contribution in [-0.2, 0) is 17.8 Å². The lowest BCUT2D eigenvalue weighted by atomic mass is 9.99. The van der Waals surface area contributed by atoms with Crippen LogP contribution in [0.15, 0.2) is 48.5 Å². The summed E-state index contributed by atoms with van der Waals surface area (Å²) in [7, 11) is 0. The number of carboxylic acid groups (broad SMARTS) is 1. The van der Waals surface area contributed by atoms with Gasteiger partial charge in [0.15, 0.2) is 0 Å². The Bertz CT molecular complexity index is 756. The molecule has 0 heterocycles. The zero-order valence-corrected chi connectivity index (χ0v) is 15.9. The highest BCUT2D eigenvalue weighted by Crippen LogP contribution is 2.17. The van der Waals surface area contributed by atoms with Gasteiger partial charge < -0.3 is 15.2 Å². The fourth-order valence-electron chi connectivity index (χ4n) is 2.64. The van der Waals surface area contributed by atoms with Gasteiger partial charge in [-0.3, -0.25) is 9.59 Å². The highest BCUT2D eigenvalue weighted by Gasteiger charge is 2.14. The van der Waals surface area contributed by atoms with Crippen molar-refractivity contribution in [2.24, 2.45) is 5.92 Å². The summed E-state index contributed by atoms with van der Waals surface area (Å²) in [5.74, 6) is 0.216. The van der Waals surface area contributed by atoms with Crippen LogP contribution < -0.4 is 10.1 Å². The molecule has 5 heteroatoms. The van der Waals surface area contributed by atoms with Gasteiger partial charge in [0.05, 0.1) is 0 Å². The van der Waals surface area contributed by atoms with E-state index in [4.69, 9.17) is 9.84 Å². The molecule has 27 heavy (non-hydrogen) atoms. The van der Waals surface area contributed by atoms with Gasteiger partial charge in [-0.15, -0.1) is 0 Å². The molecule has 0 radical (unpaired) electrons. The van der Waals surface area contributed by atoms with Crippen LogP contribution in [0.25, 0.3) is 0 Å². The van der Waals surface area contributed by atoms with Crippen molar-refractivity contribution in [1.82, 2.24) is 5.32 Å². The lowest BCUT2D eigenvalue weighted by Crippen LogP contribution is -2.26. The molecule has 0 fully saturated rings. The zero-order valence-electron chi connectivity index (χ0n) is 15.9. The molecule has 0 saturated carbocycles. The minimum atomic E-state index is -0.877. The Morgan fingerprint density at radius 3 is 2.52 bits per heavy atom. The Morgan fingerprint density at radius 1 is 1.11 bits per heavy atom. The van der Waals surface area contributed by atoms with Gasteiger partial charge in [0.25, 0.3) is 5.91 Å². The van der Waals surface area contributed by atoms with E-state index in [-0.39, 0.29) is 12.3 Å². The second-order valence-electron chi connectivity index (χ2n) is 6.93. The molecule has 0 unspecified atom stereocenters. The van der Waals surface area contributed by atoms with Crippen LogP contribution in [0.5, 0.6) is 5.75 Å². The predicted octanol–water partition coefficient (Wildman–Crippen LogP) is 4.06. The molecule has 0 spiro atoms. The lowest BCUT2D eigenvalue weighted by molar-refractivity contribution is -0.136. The monoisotopic (exact) mass is 369 g/mol. The summed E-state index contributed by atoms with van der Waals surface area (Å²) < 4.78 is 5.75. The van der Waals surface area contributed by atoms with Crippen LogP contribution in [0.4, 0.5) is 0 Å². The van der Waals surface area contributed by atoms with Gasteiger partial charge >= 0.3 is 5.97 Å². The molecule has 5 nitrogen and oxygen atoms in total. The third-order valence-corrected chi connectivity index (χ3v) is 4.18. The standard InChI is InChI=1S/C22H27NO4/c1-16(2)12-13-23-22(26)20-14-17(8-9-18(20)10-11-21(24)25)15-27-19-6-4-3-5-7-19/h3-9,14,16H,10-13,15H2,1-2H3,(H,23,26)(H,24,25). The van der Waals surface area contributed by atoms with E-state index < -0.39 is 5.97 Å². The number of benzene rings is 2. The SMILES string of the molecule is CC(C)CCNC(=O)c1cc(COc2ccccc2)ccc1CCC(=O)O. The molecule has 0 aromatic heterocycles. The molecule has 0 aliphatic carbocycles. The first kappa shape index (κ1) is 20.5. The van der Waals surface area contributed by atoms with Crippen molar-refractivity contribution in [1.29, 1.82) is 0 Å². The Kier molecular flexibility index (Phi) is 7.86. The fraction of sp³-hybridized carbons (Fsp3) is 0.364. The first-order chi connectivity index (χ1) is 13.0. The number of carbonyl (C=O) groups is 2. The van der Waals surface area contributed by atoms with Gasteiger partial charge in [0.2, 0.25) is 0 Å². The quantitative estimate of drug-likeness (QED) is 0.662. The molecule has 0 atom stereocenters. The lowest BCUT2D eigenvalue weighted by Gasteiger charge is -2.13. The largest absolute Gasteiger partial charge is 0.489 e. The summed E-state index contributed by atoms with van der Waals surface area (Å²) in [6, 6.07) is 15.0. The summed E-state index contributed by atoms with van der Waals surface area (Å²) in [6.45, 7) is 5.15. The average Bonchev–Trinajstić information content (AvgIpc) is 2.65. The number of nitrogens with one attached hydrogen (secondary N) is 1. The van der Waals surface area contributed by atoms with Gasteiger partial charge in [-0.2, -0.15) is 0 Å². The number of carboxylic acids is 1. The highest BCUT2D eigenvalue weighted by atomic mass is 16.5. The van der Waals surface area contributed by atoms with E-state index in [0.29, 0.717) is 31.1 Å². The Hall–Kier alpha value is -2.82. The number of para-hydroxylation sites is 1. The van der Waals surface area contributed by atoms with Crippen molar-refractivity contribution < 1.29 is 19.4 Å². The number of ether oxygens (including phenoxy) is 1. The Labute approximate surface area is 160 Å². The number of amides is 1. The first-order valence-corrected chi connectivity index (χ1v) is 9.25. The van der Waals surface area contributed by atoms with Gasteiger partial charge in [-0.25, -0.2) is 0 Å². The summed E-state index contributed by atoms with van der Waals surface area (Å²) in [5.41, 5.74) is 2.13. The van der Waals surface area contributed by atoms with E-state index in [0.717, 1.165) is 23.3 Å². The fourth-order valence-corrected chi connectivity index (χ4v) is 2.64. The molecule has 1 amide bonds. The second-order valence-corrected chi connectivity index (χ2v) is 6.93. The third-order valence-electron chi connectivity index (χ3n) is 4.18. The molecule has 0 aliphatic heterocycles. The summed E-state index contributed by atoms with van der Waals surface area (Å²) in [6.07, 6.45) is 1.21. The molecular weight excluding hydrogens is 342 g/mol. The van der Waals surface area contributed by atoms with E-state index in [1.54, 1.807) is 6.07 Å². The smallest absolute Gasteiger partial charge is 0.303 e. The maximum Gasteiger partial charge on any atom is 0.303 e. The predicted molar refractivity (Wildman–Crippen MR) is 105 cm³/mol. The maximum absolute atomic E-state index is 12.6. The van der Waals surface area contributed by atoms with Crippen LogP contribution >= 0.6 is 0 Å². The summed E-state index contributed by atoms with van der Waals surface area (Å²) in [5, 5.41) is 11.9. The van der Waals surface area contributed by atoms with Crippen LogP contribution in [0.2, 0.25) is 0 Å². The van der Waals surface area contributed by atoms with Crippen molar-refractivity contribution >= 4 is 11.9 Å². The molecular formula is C22H27NO4. The van der Waals surface area contributed by atoms with Crippen molar-refractivity contribution in [3.8, 4) is 5.75 Å². The van der Waals surface area contributed by atoms with E-state index >= 15 is 0 Å². The molecule has 144 valence electrons. The molecule has 2 aromatic carbocycles. The maximum atomic E-state index is 12.6. The first-order valence-electron chi connectivity index (χ1n) is 9.25. The number of aryl methyl sites for hydroxylation is 1. The van der Waals surface area contributed by atoms with Gasteiger partial charge in [-0.1, -0.05) is 44.2 Å². The van der Waals surface area contributed by atoms with E-state index in [1.165, 1.54) is 0 Å². The molecule has 0 aliphatic rings. The van der Waals surface area contributed by atoms with Crippen molar-refractivity contribution in [2.45, 2.75) is 39.7 Å². The van der Waals surface area contributed by atoms with E-state index in [1.807, 2.05) is 42.5 Å². The minimum absolute atomic E-state index is 0.00780. The van der Waals surface area contributed by atoms with Crippen molar-refractivity contribution in [3.63, 3.8) is 0 Å². The van der Waals surface area contributed by atoms with E-state index in [2.05, 4.69) is 19.2 Å². The van der Waals surface area contributed by atoms with Gasteiger partial charge in [0.1, 0.15) is 12.4 Å². The highest BCUT2D eigenvalue weighted by molar-refractivity contribution is 5.96. The molecule has 2 N–H and O–H groups in total. The van der Waals surface area contributed by atoms with Crippen LogP contribution in [0.1, 0.15) is 48.2 Å². The Morgan fingerprint density at radius 2 is 1.85 bits per heavy atom. The van der Waals surface area contributed by atoms with Crippen molar-refractivity contribution in [3.05, 3.63) is 65.2 Å². The normalized spacial score (nSPS) is 10.6. The molecule has 0 saturated heterocycles. The van der Waals surface area contributed by atoms with Crippen LogP contribution in [0, 0.1) is 5.92 Å². The van der Waals surface area contributed by atoms with Gasteiger partial charge in [0, 0.05) is 18.5 Å². The number of rotatable bonds is 10. The zero-order chi connectivity index (χ0) is 19.6. The topological polar surface area (TPSA) is 75.6 Å².